The van der Waals surface area contributed by atoms with E-state index >= 15 is 0 Å². The summed E-state index contributed by atoms with van der Waals surface area (Å²) in [6, 6.07) is 8.76. The fourth-order valence-corrected chi connectivity index (χ4v) is 2.14. The minimum atomic E-state index is -4.40. The number of nitrogens with one attached hydrogen (secondary N) is 1. The molecular formula is C10H13NO5S2. The standard InChI is InChI=1S/C10H13NO5S2/c12-10(9-5-2-1-3-6-9)11-7-4-8-17-16-18(13,14)15/h1-3,5-6H,4,7-8H2,(H,11,12)(H,13,14,15). The van der Waals surface area contributed by atoms with Crippen molar-refractivity contribution in [3.05, 3.63) is 35.9 Å². The molecule has 0 spiro atoms. The van der Waals surface area contributed by atoms with Gasteiger partial charge in [0.15, 0.2) is 0 Å². The van der Waals surface area contributed by atoms with Gasteiger partial charge >= 0.3 is 10.4 Å². The number of hydrogen-bond donors (Lipinski definition) is 2. The second-order valence-corrected chi connectivity index (χ2v) is 5.34. The highest BCUT2D eigenvalue weighted by Crippen LogP contribution is 2.07. The number of carbonyl (C=O) groups is 1. The first-order valence-electron chi connectivity index (χ1n) is 5.11. The van der Waals surface area contributed by atoms with Gasteiger partial charge in [-0.25, -0.2) is 0 Å². The van der Waals surface area contributed by atoms with Gasteiger partial charge in [0, 0.05) is 29.9 Å². The van der Waals surface area contributed by atoms with Gasteiger partial charge in [-0.2, -0.15) is 12.0 Å². The molecule has 0 heterocycles. The lowest BCUT2D eigenvalue weighted by Gasteiger charge is -2.04. The molecule has 0 atom stereocenters. The van der Waals surface area contributed by atoms with Gasteiger partial charge < -0.3 is 5.32 Å². The van der Waals surface area contributed by atoms with Crippen molar-refractivity contribution < 1.29 is 21.4 Å². The topological polar surface area (TPSA) is 92.7 Å². The molecule has 2 N–H and O–H groups in total. The largest absolute Gasteiger partial charge is 0.408 e. The van der Waals surface area contributed by atoms with Crippen molar-refractivity contribution >= 4 is 28.3 Å². The minimum absolute atomic E-state index is 0.184. The van der Waals surface area contributed by atoms with Gasteiger partial charge in [0.05, 0.1) is 0 Å². The predicted octanol–water partition coefficient (Wildman–Crippen LogP) is 1.27. The van der Waals surface area contributed by atoms with Crippen LogP contribution in [0.3, 0.4) is 0 Å². The van der Waals surface area contributed by atoms with Crippen LogP contribution in [0.1, 0.15) is 16.8 Å². The molecular weight excluding hydrogens is 278 g/mol. The lowest BCUT2D eigenvalue weighted by Crippen LogP contribution is -2.24. The monoisotopic (exact) mass is 291 g/mol. The molecule has 0 aliphatic carbocycles. The van der Waals surface area contributed by atoms with E-state index in [9.17, 15) is 13.2 Å². The van der Waals surface area contributed by atoms with Crippen LogP contribution in [0, 0.1) is 0 Å². The number of benzene rings is 1. The zero-order valence-electron chi connectivity index (χ0n) is 9.40. The maximum Gasteiger partial charge on any atom is 0.408 e. The number of amides is 1. The van der Waals surface area contributed by atoms with E-state index in [1.54, 1.807) is 24.3 Å². The van der Waals surface area contributed by atoms with E-state index in [1.807, 2.05) is 6.07 Å². The quantitative estimate of drug-likeness (QED) is 0.446. The summed E-state index contributed by atoms with van der Waals surface area (Å²) in [4.78, 5) is 11.6. The Kier molecular flexibility index (Phi) is 6.13. The Morgan fingerprint density at radius 1 is 1.33 bits per heavy atom. The van der Waals surface area contributed by atoms with Gasteiger partial charge in [0.2, 0.25) is 0 Å². The normalized spacial score (nSPS) is 11.2. The van der Waals surface area contributed by atoms with Crippen LogP contribution in [0.15, 0.2) is 30.3 Å². The summed E-state index contributed by atoms with van der Waals surface area (Å²) in [7, 11) is -4.40. The van der Waals surface area contributed by atoms with Gasteiger partial charge in [0.25, 0.3) is 5.91 Å². The fraction of sp³-hybridized carbons (Fsp3) is 0.300. The van der Waals surface area contributed by atoms with Crippen LogP contribution in [0.4, 0.5) is 0 Å². The fourth-order valence-electron chi connectivity index (χ4n) is 1.12. The van der Waals surface area contributed by atoms with E-state index in [-0.39, 0.29) is 5.91 Å². The van der Waals surface area contributed by atoms with Crippen LogP contribution < -0.4 is 5.32 Å². The Morgan fingerprint density at radius 3 is 2.61 bits per heavy atom. The Balaban J connectivity index is 2.14. The molecule has 8 heteroatoms. The second kappa shape index (κ2) is 7.37. The van der Waals surface area contributed by atoms with Crippen molar-refractivity contribution in [1.29, 1.82) is 0 Å². The van der Waals surface area contributed by atoms with Crippen LogP contribution in [-0.4, -0.2) is 31.2 Å². The number of hydrogen-bond acceptors (Lipinski definition) is 5. The maximum atomic E-state index is 11.6. The van der Waals surface area contributed by atoms with Crippen molar-refractivity contribution in [2.24, 2.45) is 0 Å². The van der Waals surface area contributed by atoms with E-state index in [0.29, 0.717) is 36.3 Å². The van der Waals surface area contributed by atoms with E-state index in [4.69, 9.17) is 4.55 Å². The third-order valence-corrected chi connectivity index (χ3v) is 3.39. The molecule has 0 bridgehead atoms. The molecule has 0 fully saturated rings. The smallest absolute Gasteiger partial charge is 0.352 e. The molecule has 1 rings (SSSR count). The summed E-state index contributed by atoms with van der Waals surface area (Å²) in [6.07, 6.45) is 0.527. The summed E-state index contributed by atoms with van der Waals surface area (Å²) in [5, 5.41) is 2.68. The lowest BCUT2D eigenvalue weighted by atomic mass is 10.2. The molecule has 18 heavy (non-hydrogen) atoms. The average Bonchev–Trinajstić information content (AvgIpc) is 2.33. The number of carbonyl (C=O) groups excluding carboxylic acids is 1. The molecule has 100 valence electrons. The molecule has 0 aromatic heterocycles. The van der Waals surface area contributed by atoms with Crippen molar-refractivity contribution in [3.63, 3.8) is 0 Å². The van der Waals surface area contributed by atoms with Crippen molar-refractivity contribution in [2.45, 2.75) is 6.42 Å². The zero-order chi connectivity index (χ0) is 13.4. The van der Waals surface area contributed by atoms with Crippen LogP contribution >= 0.6 is 12.0 Å². The molecule has 1 aromatic carbocycles. The highest BCUT2D eigenvalue weighted by Gasteiger charge is 2.05. The average molecular weight is 291 g/mol. The van der Waals surface area contributed by atoms with Crippen LogP contribution in [0.2, 0.25) is 0 Å². The second-order valence-electron chi connectivity index (χ2n) is 3.29. The zero-order valence-corrected chi connectivity index (χ0v) is 11.0. The molecule has 1 aromatic rings. The Hall–Kier alpha value is -1.09. The molecule has 0 aliphatic rings. The highest BCUT2D eigenvalue weighted by atomic mass is 32.3. The van der Waals surface area contributed by atoms with Crippen molar-refractivity contribution in [1.82, 2.24) is 5.32 Å². The summed E-state index contributed by atoms with van der Waals surface area (Å²) in [5.41, 5.74) is 0.569. The Bertz CT molecular complexity index is 474. The van der Waals surface area contributed by atoms with Gasteiger partial charge in [-0.15, -0.1) is 0 Å². The number of rotatable bonds is 7. The summed E-state index contributed by atoms with van der Waals surface area (Å²) < 4.78 is 32.7. The predicted molar refractivity (Wildman–Crippen MR) is 68.5 cm³/mol. The molecule has 6 nitrogen and oxygen atoms in total. The minimum Gasteiger partial charge on any atom is -0.352 e. The molecule has 0 radical (unpaired) electrons. The van der Waals surface area contributed by atoms with E-state index in [2.05, 4.69) is 8.95 Å². The highest BCUT2D eigenvalue weighted by molar-refractivity contribution is 8.02. The van der Waals surface area contributed by atoms with Crippen LogP contribution in [0.5, 0.6) is 0 Å². The van der Waals surface area contributed by atoms with E-state index < -0.39 is 10.4 Å². The SMILES string of the molecule is O=C(NCCCSOS(=O)(=O)O)c1ccccc1. The Morgan fingerprint density at radius 2 is 2.00 bits per heavy atom. The first-order valence-corrected chi connectivity index (χ1v) is 7.38. The summed E-state index contributed by atoms with van der Waals surface area (Å²) in [6.45, 7) is 0.398. The van der Waals surface area contributed by atoms with Crippen molar-refractivity contribution in [2.75, 3.05) is 12.3 Å². The first kappa shape index (κ1) is 15.0. The van der Waals surface area contributed by atoms with Crippen molar-refractivity contribution in [3.8, 4) is 0 Å². The molecule has 0 saturated carbocycles. The third-order valence-electron chi connectivity index (χ3n) is 1.86. The van der Waals surface area contributed by atoms with E-state index in [1.165, 1.54) is 0 Å². The third kappa shape index (κ3) is 6.60. The first-order chi connectivity index (χ1) is 8.49. The van der Waals surface area contributed by atoms with Crippen LogP contribution in [-0.2, 0) is 14.0 Å². The van der Waals surface area contributed by atoms with Gasteiger partial charge in [-0.05, 0) is 18.6 Å². The van der Waals surface area contributed by atoms with Gasteiger partial charge in [-0.1, -0.05) is 18.2 Å². The van der Waals surface area contributed by atoms with E-state index in [0.717, 1.165) is 0 Å². The van der Waals surface area contributed by atoms with Gasteiger partial charge in [0.1, 0.15) is 0 Å². The van der Waals surface area contributed by atoms with Crippen LogP contribution in [0.25, 0.3) is 0 Å². The molecule has 0 saturated heterocycles. The molecule has 0 aliphatic heterocycles. The molecule has 0 unspecified atom stereocenters. The lowest BCUT2D eigenvalue weighted by molar-refractivity contribution is 0.0953. The molecule has 1 amide bonds. The maximum absolute atomic E-state index is 11.6. The Labute approximate surface area is 110 Å². The van der Waals surface area contributed by atoms with Gasteiger partial charge in [-0.3, -0.25) is 9.35 Å². The summed E-state index contributed by atoms with van der Waals surface area (Å²) >= 11 is 0.618. The summed E-state index contributed by atoms with van der Waals surface area (Å²) in [5.74, 6) is 0.158.